The number of hydrogen-bond acceptors (Lipinski definition) is 16. The van der Waals surface area contributed by atoms with Gasteiger partial charge in [-0.15, -0.1) is 0 Å². The second-order valence-corrected chi connectivity index (χ2v) is 16.5. The van der Waals surface area contributed by atoms with E-state index in [9.17, 15) is 28.8 Å². The van der Waals surface area contributed by atoms with Crippen LogP contribution in [0.3, 0.4) is 0 Å². The van der Waals surface area contributed by atoms with Crippen LogP contribution in [0.15, 0.2) is 48.5 Å². The summed E-state index contributed by atoms with van der Waals surface area (Å²) >= 11 is 0. The lowest BCUT2D eigenvalue weighted by Crippen LogP contribution is -2.30. The van der Waals surface area contributed by atoms with Gasteiger partial charge in [-0.1, -0.05) is 24.3 Å². The molecule has 2 unspecified atom stereocenters. The third kappa shape index (κ3) is 19.1. The van der Waals surface area contributed by atoms with Crippen LogP contribution in [0.1, 0.15) is 115 Å². The van der Waals surface area contributed by atoms with E-state index < -0.39 is 36.1 Å². The Bertz CT molecular complexity index is 1630. The van der Waals surface area contributed by atoms with Gasteiger partial charge in [-0.2, -0.15) is 0 Å². The van der Waals surface area contributed by atoms with Crippen molar-refractivity contribution in [1.29, 1.82) is 0 Å². The lowest BCUT2D eigenvalue weighted by Gasteiger charge is -2.25. The Kier molecular flexibility index (Phi) is 21.5. The van der Waals surface area contributed by atoms with Crippen LogP contribution in [-0.4, -0.2) is 100 Å². The van der Waals surface area contributed by atoms with E-state index in [1.54, 1.807) is 62.4 Å². The van der Waals surface area contributed by atoms with Gasteiger partial charge >= 0.3 is 35.8 Å². The zero-order valence-corrected chi connectivity index (χ0v) is 37.2. The van der Waals surface area contributed by atoms with E-state index in [2.05, 4.69) is 0 Å². The maximum atomic E-state index is 12.9. The molecule has 0 radical (unpaired) electrons. The highest BCUT2D eigenvalue weighted by atomic mass is 16.7. The molecule has 3 fully saturated rings. The molecule has 16 heteroatoms. The largest absolute Gasteiger partial charge is 0.465 e. The van der Waals surface area contributed by atoms with Crippen molar-refractivity contribution in [2.45, 2.75) is 141 Å². The van der Waals surface area contributed by atoms with Crippen molar-refractivity contribution in [2.75, 3.05) is 39.6 Å². The summed E-state index contributed by atoms with van der Waals surface area (Å²) in [6.45, 7) is 5.51. The summed E-state index contributed by atoms with van der Waals surface area (Å²) in [7, 11) is 0. The highest BCUT2D eigenvalue weighted by molar-refractivity contribution is 5.79. The fraction of sp³-hybridized carbons (Fsp3) is 0.625. The Morgan fingerprint density at radius 1 is 0.516 bits per heavy atom. The fourth-order valence-corrected chi connectivity index (χ4v) is 7.34. The van der Waals surface area contributed by atoms with Crippen LogP contribution in [-0.2, 0) is 79.5 Å². The first-order valence-corrected chi connectivity index (χ1v) is 22.8. The molecule has 64 heavy (non-hydrogen) atoms. The number of benzene rings is 2. The number of rotatable bonds is 24. The van der Waals surface area contributed by atoms with Gasteiger partial charge in [0.15, 0.2) is 12.6 Å². The van der Waals surface area contributed by atoms with E-state index in [4.69, 9.17) is 47.4 Å². The molecule has 0 spiro atoms. The summed E-state index contributed by atoms with van der Waals surface area (Å²) in [5, 5.41) is 0. The summed E-state index contributed by atoms with van der Waals surface area (Å²) in [5.74, 6) is -2.59. The molecule has 2 heterocycles. The molecule has 5 rings (SSSR count). The average Bonchev–Trinajstić information content (AvgIpc) is 3.30. The van der Waals surface area contributed by atoms with Gasteiger partial charge in [0, 0.05) is 26.1 Å². The SMILES string of the molecule is C[C@H](COC1CCCCO1)OC(=O)CCC(=O)OCCc1ccc(OC(=O)C2CCC(C(=O)Oc3ccc(CCOC(=O)CCC(=O)O[C@H](C)COC4CCCCO4)cc3)CC2)cc1. The predicted molar refractivity (Wildman–Crippen MR) is 228 cm³/mol. The van der Waals surface area contributed by atoms with Crippen molar-refractivity contribution >= 4 is 35.8 Å². The van der Waals surface area contributed by atoms with Crippen LogP contribution >= 0.6 is 0 Å². The zero-order valence-electron chi connectivity index (χ0n) is 37.2. The average molecular weight is 897 g/mol. The van der Waals surface area contributed by atoms with Crippen molar-refractivity contribution in [3.63, 3.8) is 0 Å². The minimum Gasteiger partial charge on any atom is -0.465 e. The normalized spacial score (nSPS) is 20.8. The Hall–Kier alpha value is -4.90. The van der Waals surface area contributed by atoms with E-state index in [1.807, 2.05) is 0 Å². The molecule has 0 N–H and O–H groups in total. The minimum absolute atomic E-state index is 0.0893. The van der Waals surface area contributed by atoms with E-state index >= 15 is 0 Å². The molecular weight excluding hydrogens is 833 g/mol. The second-order valence-electron chi connectivity index (χ2n) is 16.5. The molecule has 2 saturated heterocycles. The van der Waals surface area contributed by atoms with Crippen LogP contribution in [0.5, 0.6) is 11.5 Å². The first-order chi connectivity index (χ1) is 31.0. The monoisotopic (exact) mass is 896 g/mol. The summed E-state index contributed by atoms with van der Waals surface area (Å²) in [4.78, 5) is 74.5. The molecule has 2 aromatic rings. The standard InChI is InChI=1S/C48H64O16/c1-33(31-59-45-7-3-5-27-57-45)61-43(51)23-21-41(49)55-29-25-35-9-17-39(18-10-35)63-47(53)37-13-15-38(16-14-37)48(54)64-40-19-11-36(12-20-40)26-30-56-42(50)22-24-44(52)62-34(2)32-60-46-8-4-6-28-58-46/h9-12,17-20,33-34,37-38,45-46H,3-8,13-16,21-32H2,1-2H3/t33-,34-,37?,38?,45?,46?/m1/s1. The third-order valence-corrected chi connectivity index (χ3v) is 11.0. The fourth-order valence-electron chi connectivity index (χ4n) is 7.34. The molecular formula is C48H64O16. The van der Waals surface area contributed by atoms with E-state index in [0.717, 1.165) is 49.7 Å². The maximum Gasteiger partial charge on any atom is 0.314 e. The van der Waals surface area contributed by atoms with Crippen molar-refractivity contribution in [3.05, 3.63) is 59.7 Å². The molecule has 352 valence electrons. The number of carbonyl (C=O) groups excluding carboxylic acids is 6. The number of esters is 6. The Morgan fingerprint density at radius 3 is 1.25 bits per heavy atom. The summed E-state index contributed by atoms with van der Waals surface area (Å²) < 4.78 is 54.7. The van der Waals surface area contributed by atoms with Gasteiger partial charge in [-0.25, -0.2) is 0 Å². The molecule has 0 amide bonds. The van der Waals surface area contributed by atoms with E-state index in [-0.39, 0.29) is 88.5 Å². The maximum absolute atomic E-state index is 12.9. The Labute approximate surface area is 375 Å². The van der Waals surface area contributed by atoms with E-state index in [0.29, 0.717) is 63.2 Å². The van der Waals surface area contributed by atoms with Crippen LogP contribution in [0.2, 0.25) is 0 Å². The lowest BCUT2D eigenvalue weighted by atomic mass is 9.82. The smallest absolute Gasteiger partial charge is 0.314 e. The van der Waals surface area contributed by atoms with Gasteiger partial charge in [-0.05, 0) is 113 Å². The van der Waals surface area contributed by atoms with Gasteiger partial charge in [0.1, 0.15) is 23.7 Å². The van der Waals surface area contributed by atoms with Crippen LogP contribution in [0.25, 0.3) is 0 Å². The zero-order chi connectivity index (χ0) is 45.5. The quantitative estimate of drug-likeness (QED) is 0.0614. The van der Waals surface area contributed by atoms with Crippen LogP contribution in [0, 0.1) is 11.8 Å². The van der Waals surface area contributed by atoms with Crippen molar-refractivity contribution in [1.82, 2.24) is 0 Å². The van der Waals surface area contributed by atoms with Crippen LogP contribution < -0.4 is 9.47 Å². The van der Waals surface area contributed by atoms with Gasteiger partial charge < -0.3 is 47.4 Å². The second kappa shape index (κ2) is 27.4. The van der Waals surface area contributed by atoms with Gasteiger partial charge in [-0.3, -0.25) is 28.8 Å². The molecule has 2 aromatic carbocycles. The third-order valence-electron chi connectivity index (χ3n) is 11.0. The van der Waals surface area contributed by atoms with E-state index in [1.165, 1.54) is 0 Å². The first-order valence-electron chi connectivity index (χ1n) is 22.8. The number of carbonyl (C=O) groups is 6. The Morgan fingerprint density at radius 2 is 0.891 bits per heavy atom. The predicted octanol–water partition coefficient (Wildman–Crippen LogP) is 6.69. The first kappa shape index (κ1) is 50.1. The highest BCUT2D eigenvalue weighted by Crippen LogP contribution is 2.31. The van der Waals surface area contributed by atoms with Gasteiger partial charge in [0.25, 0.3) is 0 Å². The Balaban J connectivity index is 0.878. The molecule has 4 atom stereocenters. The highest BCUT2D eigenvalue weighted by Gasteiger charge is 2.32. The van der Waals surface area contributed by atoms with Gasteiger partial charge in [0.05, 0.1) is 63.9 Å². The molecule has 0 aromatic heterocycles. The molecule has 1 saturated carbocycles. The molecule has 2 aliphatic heterocycles. The molecule has 0 bridgehead atoms. The molecule has 3 aliphatic rings. The van der Waals surface area contributed by atoms with Gasteiger partial charge in [0.2, 0.25) is 0 Å². The number of hydrogen-bond donors (Lipinski definition) is 0. The van der Waals surface area contributed by atoms with Crippen molar-refractivity contribution in [3.8, 4) is 11.5 Å². The molecule has 1 aliphatic carbocycles. The summed E-state index contributed by atoms with van der Waals surface area (Å²) in [6.07, 6.45) is 6.83. The summed E-state index contributed by atoms with van der Waals surface area (Å²) in [5.41, 5.74) is 1.76. The summed E-state index contributed by atoms with van der Waals surface area (Å²) in [6, 6.07) is 13.9. The van der Waals surface area contributed by atoms with Crippen molar-refractivity contribution < 1.29 is 76.1 Å². The van der Waals surface area contributed by atoms with Crippen molar-refractivity contribution in [2.24, 2.45) is 11.8 Å². The molecule has 16 nitrogen and oxygen atoms in total. The van der Waals surface area contributed by atoms with Crippen LogP contribution in [0.4, 0.5) is 0 Å². The number of ether oxygens (including phenoxy) is 10. The lowest BCUT2D eigenvalue weighted by molar-refractivity contribution is -0.183. The minimum atomic E-state index is -0.498. The topological polar surface area (TPSA) is 195 Å².